The van der Waals surface area contributed by atoms with Crippen LogP contribution in [0.2, 0.25) is 0 Å². The minimum atomic E-state index is 1.12. The zero-order valence-electron chi connectivity index (χ0n) is 20.7. The zero-order valence-corrected chi connectivity index (χ0v) is 20.7. The van der Waals surface area contributed by atoms with Gasteiger partial charge in [-0.3, -0.25) is 4.98 Å². The maximum Gasteiger partial charge on any atom is 0.0346 e. The highest BCUT2D eigenvalue weighted by molar-refractivity contribution is 6.23. The third-order valence-corrected chi connectivity index (χ3v) is 7.89. The van der Waals surface area contributed by atoms with Crippen LogP contribution >= 0.6 is 0 Å². The van der Waals surface area contributed by atoms with Crippen molar-refractivity contribution >= 4 is 21.5 Å². The Bertz CT molecular complexity index is 1990. The van der Waals surface area contributed by atoms with Crippen LogP contribution in [0.3, 0.4) is 0 Å². The van der Waals surface area contributed by atoms with Crippen LogP contribution in [0.4, 0.5) is 0 Å². The van der Waals surface area contributed by atoms with Gasteiger partial charge < -0.3 is 0 Å². The number of rotatable bonds is 3. The molecule has 0 amide bonds. The molecule has 1 aliphatic rings. The number of fused-ring (bicyclic) bond motifs is 4. The molecule has 0 unspecified atom stereocenters. The topological polar surface area (TPSA) is 12.9 Å². The predicted molar refractivity (Wildman–Crippen MR) is 160 cm³/mol. The molecule has 6 aromatic carbocycles. The second kappa shape index (κ2) is 8.26. The van der Waals surface area contributed by atoms with Crippen molar-refractivity contribution in [1.29, 1.82) is 0 Å². The van der Waals surface area contributed by atoms with E-state index in [0.29, 0.717) is 0 Å². The SMILES string of the molecule is c1ccc(-c2c(-c3cccnc3)cc(-c3cccc4ccccc34)c3c2-c2cccc4cccc-3c24)cc1. The lowest BCUT2D eigenvalue weighted by Gasteiger charge is -2.21. The molecule has 1 heteroatoms. The Labute approximate surface area is 221 Å². The summed E-state index contributed by atoms with van der Waals surface area (Å²) in [5.74, 6) is 0. The molecule has 0 bridgehead atoms. The number of hydrogen-bond acceptors (Lipinski definition) is 1. The minimum Gasteiger partial charge on any atom is -0.264 e. The Kier molecular flexibility index (Phi) is 4.59. The van der Waals surface area contributed by atoms with Gasteiger partial charge in [0.25, 0.3) is 0 Å². The Balaban J connectivity index is 1.61. The molecular weight excluding hydrogens is 458 g/mol. The quantitative estimate of drug-likeness (QED) is 0.245. The van der Waals surface area contributed by atoms with Crippen LogP contribution in [0.5, 0.6) is 0 Å². The Morgan fingerprint density at radius 2 is 1.05 bits per heavy atom. The molecule has 176 valence electrons. The maximum atomic E-state index is 4.52. The van der Waals surface area contributed by atoms with Gasteiger partial charge in [0, 0.05) is 18.0 Å². The van der Waals surface area contributed by atoms with Crippen LogP contribution < -0.4 is 0 Å². The summed E-state index contributed by atoms with van der Waals surface area (Å²) in [6.45, 7) is 0. The summed E-state index contributed by atoms with van der Waals surface area (Å²) >= 11 is 0. The molecule has 0 saturated carbocycles. The normalized spacial score (nSPS) is 11.7. The molecular formula is C37H23N. The van der Waals surface area contributed by atoms with Gasteiger partial charge >= 0.3 is 0 Å². The first kappa shape index (κ1) is 21.1. The Hall–Kier alpha value is -5.01. The Morgan fingerprint density at radius 1 is 0.395 bits per heavy atom. The van der Waals surface area contributed by atoms with E-state index in [1.807, 2.05) is 18.5 Å². The fourth-order valence-corrected chi connectivity index (χ4v) is 6.32. The van der Waals surface area contributed by atoms with Gasteiger partial charge in [-0.15, -0.1) is 0 Å². The molecule has 0 atom stereocenters. The molecule has 1 aromatic heterocycles. The summed E-state index contributed by atoms with van der Waals surface area (Å²) in [5.41, 5.74) is 12.6. The average Bonchev–Trinajstić information content (AvgIpc) is 3.33. The van der Waals surface area contributed by atoms with Crippen molar-refractivity contribution in [2.45, 2.75) is 0 Å². The van der Waals surface area contributed by atoms with E-state index in [-0.39, 0.29) is 0 Å². The molecule has 1 aliphatic carbocycles. The van der Waals surface area contributed by atoms with Crippen LogP contribution in [0.15, 0.2) is 140 Å². The standard InChI is InChI=1S/C37H23N/c1-2-11-26(12-3-1)35-32(27-16-9-21-38-23-27)22-33(29-18-6-13-24-10-4-5-17-28(24)29)36-30-19-7-14-25-15-8-20-31(34(25)30)37(35)36/h1-23H. The van der Waals surface area contributed by atoms with Crippen molar-refractivity contribution < 1.29 is 0 Å². The average molecular weight is 482 g/mol. The first-order chi connectivity index (χ1) is 18.9. The van der Waals surface area contributed by atoms with Gasteiger partial charge in [-0.1, -0.05) is 115 Å². The van der Waals surface area contributed by atoms with E-state index in [1.54, 1.807) is 0 Å². The van der Waals surface area contributed by atoms with Crippen molar-refractivity contribution in [2.24, 2.45) is 0 Å². The molecule has 0 aliphatic heterocycles. The predicted octanol–water partition coefficient (Wildman–Crippen LogP) is 10.0. The first-order valence-electron chi connectivity index (χ1n) is 13.1. The van der Waals surface area contributed by atoms with E-state index in [2.05, 4.69) is 126 Å². The van der Waals surface area contributed by atoms with Crippen LogP contribution in [0.25, 0.3) is 77.2 Å². The van der Waals surface area contributed by atoms with Crippen LogP contribution in [-0.4, -0.2) is 4.98 Å². The van der Waals surface area contributed by atoms with E-state index in [9.17, 15) is 0 Å². The number of nitrogens with zero attached hydrogens (tertiary/aromatic N) is 1. The summed E-state index contributed by atoms with van der Waals surface area (Å²) in [6, 6.07) is 46.3. The highest BCUT2D eigenvalue weighted by Gasteiger charge is 2.30. The van der Waals surface area contributed by atoms with Gasteiger partial charge in [0.15, 0.2) is 0 Å². The van der Waals surface area contributed by atoms with E-state index in [4.69, 9.17) is 0 Å². The largest absolute Gasteiger partial charge is 0.264 e. The fourth-order valence-electron chi connectivity index (χ4n) is 6.32. The van der Waals surface area contributed by atoms with E-state index in [0.717, 1.165) is 5.56 Å². The second-order valence-corrected chi connectivity index (χ2v) is 9.94. The highest BCUT2D eigenvalue weighted by atomic mass is 14.6. The van der Waals surface area contributed by atoms with Gasteiger partial charge in [0.1, 0.15) is 0 Å². The van der Waals surface area contributed by atoms with E-state index >= 15 is 0 Å². The minimum absolute atomic E-state index is 1.12. The van der Waals surface area contributed by atoms with Crippen molar-refractivity contribution in [2.75, 3.05) is 0 Å². The lowest BCUT2D eigenvalue weighted by molar-refractivity contribution is 1.33. The van der Waals surface area contributed by atoms with Gasteiger partial charge in [-0.25, -0.2) is 0 Å². The summed E-state index contributed by atoms with van der Waals surface area (Å²) < 4.78 is 0. The third kappa shape index (κ3) is 3.02. The molecule has 0 radical (unpaired) electrons. The van der Waals surface area contributed by atoms with Gasteiger partial charge in [-0.05, 0) is 83.7 Å². The van der Waals surface area contributed by atoms with Gasteiger partial charge in [0.05, 0.1) is 0 Å². The van der Waals surface area contributed by atoms with Crippen LogP contribution in [-0.2, 0) is 0 Å². The molecule has 0 spiro atoms. The number of benzene rings is 6. The summed E-state index contributed by atoms with van der Waals surface area (Å²) in [5, 5.41) is 5.14. The summed E-state index contributed by atoms with van der Waals surface area (Å²) in [6.07, 6.45) is 3.84. The van der Waals surface area contributed by atoms with Crippen molar-refractivity contribution in [1.82, 2.24) is 4.98 Å². The molecule has 0 N–H and O–H groups in total. The number of hydrogen-bond donors (Lipinski definition) is 0. The lowest BCUT2D eigenvalue weighted by Crippen LogP contribution is -1.95. The zero-order chi connectivity index (χ0) is 25.1. The van der Waals surface area contributed by atoms with E-state index in [1.165, 1.54) is 71.6 Å². The molecule has 8 rings (SSSR count). The molecule has 7 aromatic rings. The Morgan fingerprint density at radius 3 is 1.84 bits per heavy atom. The summed E-state index contributed by atoms with van der Waals surface area (Å²) in [4.78, 5) is 4.52. The van der Waals surface area contributed by atoms with E-state index < -0.39 is 0 Å². The van der Waals surface area contributed by atoms with Gasteiger partial charge in [-0.2, -0.15) is 0 Å². The van der Waals surface area contributed by atoms with Crippen molar-refractivity contribution in [3.05, 3.63) is 140 Å². The highest BCUT2D eigenvalue weighted by Crippen LogP contribution is 2.57. The van der Waals surface area contributed by atoms with Crippen LogP contribution in [0, 0.1) is 0 Å². The van der Waals surface area contributed by atoms with Crippen molar-refractivity contribution in [3.8, 4) is 55.6 Å². The maximum absolute atomic E-state index is 4.52. The summed E-state index contributed by atoms with van der Waals surface area (Å²) in [7, 11) is 0. The number of pyridine rings is 1. The molecule has 0 saturated heterocycles. The smallest absolute Gasteiger partial charge is 0.0346 e. The lowest BCUT2D eigenvalue weighted by atomic mass is 9.82. The second-order valence-electron chi connectivity index (χ2n) is 9.94. The van der Waals surface area contributed by atoms with Crippen LogP contribution in [0.1, 0.15) is 0 Å². The van der Waals surface area contributed by atoms with Gasteiger partial charge in [0.2, 0.25) is 0 Å². The number of aromatic nitrogens is 1. The van der Waals surface area contributed by atoms with Crippen molar-refractivity contribution in [3.63, 3.8) is 0 Å². The molecule has 1 heterocycles. The first-order valence-corrected chi connectivity index (χ1v) is 13.1. The molecule has 1 nitrogen and oxygen atoms in total. The third-order valence-electron chi connectivity index (χ3n) is 7.89. The fraction of sp³-hybridized carbons (Fsp3) is 0. The molecule has 38 heavy (non-hydrogen) atoms. The molecule has 0 fully saturated rings. The monoisotopic (exact) mass is 481 g/mol.